The van der Waals surface area contributed by atoms with E-state index in [9.17, 15) is 14.4 Å². The average molecular weight is 433 g/mol. The maximum atomic E-state index is 12.8. The Bertz CT molecular complexity index is 1470. The lowest BCUT2D eigenvalue weighted by Gasteiger charge is -2.44. The van der Waals surface area contributed by atoms with Crippen molar-refractivity contribution in [3.8, 4) is 0 Å². The van der Waals surface area contributed by atoms with E-state index in [4.69, 9.17) is 9.15 Å². The van der Waals surface area contributed by atoms with Crippen LogP contribution in [0, 0.1) is 12.3 Å². The molecular formula is C24H23N3O5. The Kier molecular flexibility index (Phi) is 4.56. The number of aromatic nitrogens is 1. The second kappa shape index (κ2) is 7.20. The van der Waals surface area contributed by atoms with Gasteiger partial charge in [0, 0.05) is 17.8 Å². The Morgan fingerprint density at radius 3 is 2.41 bits per heavy atom. The number of para-hydroxylation sites is 1. The van der Waals surface area contributed by atoms with Crippen molar-refractivity contribution in [1.29, 1.82) is 0 Å². The predicted octanol–water partition coefficient (Wildman–Crippen LogP) is 2.97. The number of pyridine rings is 1. The monoisotopic (exact) mass is 433 g/mol. The standard InChI is InChI=1S/C24H23N3O5/c1-13-8-9-17(32-13)22(24(2)11-31-12-24)26-19-18(20(28)21(19)29)25-15-10-14-6-4-5-7-16(14)27(3)23(15)30/h4-10,22,25-26H,11-12H2,1-3H3. The normalized spacial score (nSPS) is 16.1. The van der Waals surface area contributed by atoms with Gasteiger partial charge >= 0.3 is 0 Å². The fourth-order valence-electron chi connectivity index (χ4n) is 4.23. The lowest BCUT2D eigenvalue weighted by atomic mass is 9.79. The number of benzene rings is 1. The number of nitrogens with zero attached hydrogens (tertiary/aromatic N) is 1. The molecule has 0 bridgehead atoms. The van der Waals surface area contributed by atoms with E-state index in [0.29, 0.717) is 19.0 Å². The first-order valence-corrected chi connectivity index (χ1v) is 10.4. The summed E-state index contributed by atoms with van der Waals surface area (Å²) < 4.78 is 12.7. The van der Waals surface area contributed by atoms with E-state index in [1.807, 2.05) is 50.2 Å². The van der Waals surface area contributed by atoms with Gasteiger partial charge < -0.3 is 24.4 Å². The van der Waals surface area contributed by atoms with E-state index < -0.39 is 10.9 Å². The SMILES string of the molecule is Cc1ccc(C(Nc2c(Nc3cc4ccccc4n(C)c3=O)c(=O)c2=O)C2(C)COC2)o1. The van der Waals surface area contributed by atoms with Crippen LogP contribution in [0.2, 0.25) is 0 Å². The first kappa shape index (κ1) is 20.3. The van der Waals surface area contributed by atoms with Crippen LogP contribution in [0.25, 0.3) is 10.9 Å². The van der Waals surface area contributed by atoms with Crippen molar-refractivity contribution in [2.24, 2.45) is 12.5 Å². The van der Waals surface area contributed by atoms with Gasteiger partial charge in [0.05, 0.1) is 24.8 Å². The number of hydrogen-bond acceptors (Lipinski definition) is 7. The van der Waals surface area contributed by atoms with Crippen molar-refractivity contribution in [3.05, 3.63) is 84.8 Å². The van der Waals surface area contributed by atoms with Crippen molar-refractivity contribution in [3.63, 3.8) is 0 Å². The number of furan rings is 1. The lowest BCUT2D eigenvalue weighted by molar-refractivity contribution is -0.115. The highest BCUT2D eigenvalue weighted by atomic mass is 16.5. The first-order valence-electron chi connectivity index (χ1n) is 10.4. The van der Waals surface area contributed by atoms with Gasteiger partial charge in [0.25, 0.3) is 16.4 Å². The molecule has 0 aliphatic carbocycles. The highest BCUT2D eigenvalue weighted by Crippen LogP contribution is 2.43. The molecule has 0 spiro atoms. The minimum absolute atomic E-state index is 0.0829. The summed E-state index contributed by atoms with van der Waals surface area (Å²) in [5.74, 6) is 1.41. The fourth-order valence-corrected chi connectivity index (χ4v) is 4.23. The van der Waals surface area contributed by atoms with E-state index in [2.05, 4.69) is 10.6 Å². The van der Waals surface area contributed by atoms with Gasteiger partial charge in [-0.3, -0.25) is 14.4 Å². The van der Waals surface area contributed by atoms with E-state index in [1.165, 1.54) is 4.57 Å². The second-order valence-corrected chi connectivity index (χ2v) is 8.69. The molecule has 3 heterocycles. The summed E-state index contributed by atoms with van der Waals surface area (Å²) in [6.07, 6.45) is 0. The van der Waals surface area contributed by atoms with Crippen LogP contribution in [-0.4, -0.2) is 17.8 Å². The van der Waals surface area contributed by atoms with E-state index >= 15 is 0 Å². The van der Waals surface area contributed by atoms with Crippen LogP contribution in [0.1, 0.15) is 24.5 Å². The third-order valence-electron chi connectivity index (χ3n) is 6.20. The Labute approximate surface area is 183 Å². The molecule has 32 heavy (non-hydrogen) atoms. The number of aryl methyl sites for hydroxylation is 2. The maximum absolute atomic E-state index is 12.8. The van der Waals surface area contributed by atoms with Gasteiger partial charge in [0.15, 0.2) is 0 Å². The van der Waals surface area contributed by atoms with Gasteiger partial charge in [0.2, 0.25) is 0 Å². The molecule has 2 aromatic carbocycles. The van der Waals surface area contributed by atoms with Crippen LogP contribution >= 0.6 is 0 Å². The average Bonchev–Trinajstić information content (AvgIpc) is 3.20. The molecule has 0 saturated carbocycles. The molecule has 0 radical (unpaired) electrons. The number of anilines is 3. The molecule has 1 aliphatic rings. The molecular weight excluding hydrogens is 410 g/mol. The number of fused-ring (bicyclic) bond motifs is 1. The van der Waals surface area contributed by atoms with Crippen LogP contribution in [0.15, 0.2) is 61.3 Å². The van der Waals surface area contributed by atoms with Gasteiger partial charge in [-0.15, -0.1) is 0 Å². The zero-order valence-electron chi connectivity index (χ0n) is 18.0. The van der Waals surface area contributed by atoms with Crippen LogP contribution in [-0.2, 0) is 11.8 Å². The van der Waals surface area contributed by atoms with Crippen molar-refractivity contribution >= 4 is 28.0 Å². The zero-order valence-corrected chi connectivity index (χ0v) is 18.0. The minimum atomic E-state index is -0.660. The van der Waals surface area contributed by atoms with Crippen molar-refractivity contribution in [2.45, 2.75) is 19.9 Å². The molecule has 1 atom stereocenters. The highest BCUT2D eigenvalue weighted by Gasteiger charge is 2.45. The summed E-state index contributed by atoms with van der Waals surface area (Å²) in [5.41, 5.74) is -0.644. The molecule has 0 amide bonds. The van der Waals surface area contributed by atoms with Crippen molar-refractivity contribution in [1.82, 2.24) is 4.57 Å². The molecule has 8 nitrogen and oxygen atoms in total. The lowest BCUT2D eigenvalue weighted by Crippen LogP contribution is -2.49. The summed E-state index contributed by atoms with van der Waals surface area (Å²) in [7, 11) is 1.67. The third kappa shape index (κ3) is 3.06. The molecule has 4 aromatic rings. The Hall–Kier alpha value is -3.65. The molecule has 1 aliphatic heterocycles. The minimum Gasteiger partial charge on any atom is -0.464 e. The van der Waals surface area contributed by atoms with Gasteiger partial charge in [-0.1, -0.05) is 25.1 Å². The van der Waals surface area contributed by atoms with Gasteiger partial charge in [-0.25, -0.2) is 0 Å². The summed E-state index contributed by atoms with van der Waals surface area (Å²) in [6, 6.07) is 12.5. The molecule has 1 unspecified atom stereocenters. The quantitative estimate of drug-likeness (QED) is 0.451. The van der Waals surface area contributed by atoms with Crippen molar-refractivity contribution in [2.75, 3.05) is 23.8 Å². The topological polar surface area (TPSA) is 103 Å². The van der Waals surface area contributed by atoms with Gasteiger partial charge in [-0.2, -0.15) is 0 Å². The molecule has 5 rings (SSSR count). The molecule has 2 aromatic heterocycles. The summed E-state index contributed by atoms with van der Waals surface area (Å²) >= 11 is 0. The second-order valence-electron chi connectivity index (χ2n) is 8.69. The Morgan fingerprint density at radius 1 is 1.03 bits per heavy atom. The summed E-state index contributed by atoms with van der Waals surface area (Å²) in [4.78, 5) is 37.7. The van der Waals surface area contributed by atoms with Crippen LogP contribution in [0.3, 0.4) is 0 Å². The van der Waals surface area contributed by atoms with E-state index in [-0.39, 0.29) is 34.1 Å². The van der Waals surface area contributed by atoms with Crippen molar-refractivity contribution < 1.29 is 9.15 Å². The largest absolute Gasteiger partial charge is 0.464 e. The molecule has 2 N–H and O–H groups in total. The van der Waals surface area contributed by atoms with E-state index in [0.717, 1.165) is 16.7 Å². The van der Waals surface area contributed by atoms with Crippen LogP contribution < -0.4 is 27.1 Å². The van der Waals surface area contributed by atoms with E-state index in [1.54, 1.807) is 13.1 Å². The van der Waals surface area contributed by atoms with Crippen LogP contribution in [0.5, 0.6) is 0 Å². The maximum Gasteiger partial charge on any atom is 0.274 e. The Balaban J connectivity index is 1.52. The Morgan fingerprint density at radius 2 is 1.75 bits per heavy atom. The highest BCUT2D eigenvalue weighted by molar-refractivity contribution is 5.85. The number of nitrogens with one attached hydrogen (secondary N) is 2. The predicted molar refractivity (Wildman–Crippen MR) is 123 cm³/mol. The number of hydrogen-bond donors (Lipinski definition) is 2. The zero-order chi connectivity index (χ0) is 22.6. The first-order chi connectivity index (χ1) is 15.3. The molecule has 1 fully saturated rings. The fraction of sp³-hybridized carbons (Fsp3) is 0.292. The third-order valence-corrected chi connectivity index (χ3v) is 6.20. The van der Waals surface area contributed by atoms with Gasteiger partial charge in [0.1, 0.15) is 28.6 Å². The number of ether oxygens (including phenoxy) is 1. The molecule has 1 saturated heterocycles. The summed E-state index contributed by atoms with van der Waals surface area (Å²) in [6.45, 7) is 4.87. The van der Waals surface area contributed by atoms with Crippen LogP contribution in [0.4, 0.5) is 17.1 Å². The molecule has 164 valence electrons. The smallest absolute Gasteiger partial charge is 0.274 e. The summed E-state index contributed by atoms with van der Waals surface area (Å²) in [5, 5.41) is 6.96. The van der Waals surface area contributed by atoms with Gasteiger partial charge in [-0.05, 0) is 31.2 Å². The number of rotatable bonds is 6. The molecule has 8 heteroatoms.